The lowest BCUT2D eigenvalue weighted by Gasteiger charge is -2.34. The van der Waals surface area contributed by atoms with Crippen LogP contribution in [0.25, 0.3) is 0 Å². The third-order valence-corrected chi connectivity index (χ3v) is 6.62. The lowest BCUT2D eigenvalue weighted by atomic mass is 10.1. The van der Waals surface area contributed by atoms with Crippen molar-refractivity contribution in [3.05, 3.63) is 41.4 Å². The van der Waals surface area contributed by atoms with Crippen LogP contribution in [0.2, 0.25) is 5.02 Å². The smallest absolute Gasteiger partial charge is 0.265 e. The van der Waals surface area contributed by atoms with E-state index in [1.807, 2.05) is 6.92 Å². The number of nitrogens with zero attached hydrogens (tertiary/aromatic N) is 2. The Morgan fingerprint density at radius 1 is 1.41 bits per heavy atom. The predicted molar refractivity (Wildman–Crippen MR) is 110 cm³/mol. The van der Waals surface area contributed by atoms with Gasteiger partial charge in [-0.05, 0) is 36.8 Å². The van der Waals surface area contributed by atoms with Crippen LogP contribution < -0.4 is 14.4 Å². The average Bonchev–Trinajstić information content (AvgIpc) is 2.72. The average molecular weight is 440 g/mol. The van der Waals surface area contributed by atoms with Gasteiger partial charge >= 0.3 is 0 Å². The first kappa shape index (κ1) is 21.4. The fourth-order valence-corrected chi connectivity index (χ4v) is 4.52. The van der Waals surface area contributed by atoms with E-state index in [4.69, 9.17) is 16.3 Å². The maximum absolute atomic E-state index is 13.3. The van der Waals surface area contributed by atoms with Crippen molar-refractivity contribution in [1.82, 2.24) is 4.98 Å². The lowest BCUT2D eigenvalue weighted by Crippen LogP contribution is -2.45. The number of anilines is 2. The lowest BCUT2D eigenvalue weighted by molar-refractivity contribution is -0.119. The number of carbonyl (C=O) groups is 1. The summed E-state index contributed by atoms with van der Waals surface area (Å²) in [6.07, 6.45) is -0.0910. The van der Waals surface area contributed by atoms with Crippen LogP contribution in [0.5, 0.6) is 5.75 Å². The maximum Gasteiger partial charge on any atom is 0.265 e. The van der Waals surface area contributed by atoms with Crippen LogP contribution in [0.3, 0.4) is 0 Å². The van der Waals surface area contributed by atoms with E-state index < -0.39 is 16.1 Å². The first-order valence-electron chi connectivity index (χ1n) is 9.14. The molecular weight excluding hydrogens is 418 g/mol. The molecule has 8 nitrogen and oxygen atoms in total. The number of fused-ring (bicyclic) bond motifs is 1. The SMILES string of the molecule is CC[C@H](C)C(=O)Nc1ccc2c(n1)N(S(=O)(=O)c1cccc(Cl)c1)C[C@H](CO)O2. The Bertz CT molecular complexity index is 1010. The molecule has 0 aliphatic carbocycles. The van der Waals surface area contributed by atoms with Crippen molar-refractivity contribution in [2.24, 2.45) is 5.92 Å². The number of aliphatic hydroxyl groups is 1. The minimum absolute atomic E-state index is 0.00890. The summed E-state index contributed by atoms with van der Waals surface area (Å²) in [5.74, 6) is 0.0220. The predicted octanol–water partition coefficient (Wildman–Crippen LogP) is 2.67. The van der Waals surface area contributed by atoms with Gasteiger partial charge in [0.25, 0.3) is 10.0 Å². The highest BCUT2D eigenvalue weighted by Gasteiger charge is 2.36. The molecule has 3 rings (SSSR count). The number of aromatic nitrogens is 1. The molecule has 10 heteroatoms. The normalized spacial score (nSPS) is 17.2. The van der Waals surface area contributed by atoms with Crippen LogP contribution in [0, 0.1) is 5.92 Å². The van der Waals surface area contributed by atoms with Crippen LogP contribution in [0.1, 0.15) is 20.3 Å². The van der Waals surface area contributed by atoms with Crippen molar-refractivity contribution in [3.63, 3.8) is 0 Å². The number of benzene rings is 1. The second-order valence-electron chi connectivity index (χ2n) is 6.73. The number of amides is 1. The molecule has 1 aromatic carbocycles. The summed E-state index contributed by atoms with van der Waals surface area (Å²) in [6, 6.07) is 8.94. The van der Waals surface area contributed by atoms with Crippen LogP contribution in [0.15, 0.2) is 41.3 Å². The van der Waals surface area contributed by atoms with E-state index >= 15 is 0 Å². The molecule has 156 valence electrons. The van der Waals surface area contributed by atoms with Gasteiger partial charge in [-0.15, -0.1) is 0 Å². The second-order valence-corrected chi connectivity index (χ2v) is 9.03. The summed E-state index contributed by atoms with van der Waals surface area (Å²) in [4.78, 5) is 16.5. The van der Waals surface area contributed by atoms with Crippen LogP contribution in [-0.4, -0.2) is 43.7 Å². The molecule has 1 aromatic heterocycles. The van der Waals surface area contributed by atoms with Crippen molar-refractivity contribution in [1.29, 1.82) is 0 Å². The molecule has 1 amide bonds. The molecule has 0 saturated heterocycles. The zero-order chi connectivity index (χ0) is 21.2. The van der Waals surface area contributed by atoms with Crippen LogP contribution in [0.4, 0.5) is 11.6 Å². The van der Waals surface area contributed by atoms with E-state index in [2.05, 4.69) is 10.3 Å². The van der Waals surface area contributed by atoms with Gasteiger partial charge in [0.05, 0.1) is 18.0 Å². The second kappa shape index (κ2) is 8.56. The molecule has 2 aromatic rings. The molecule has 0 fully saturated rings. The number of carbonyl (C=O) groups excluding carboxylic acids is 1. The van der Waals surface area contributed by atoms with E-state index in [1.165, 1.54) is 30.3 Å². The van der Waals surface area contributed by atoms with Gasteiger partial charge in [-0.25, -0.2) is 17.7 Å². The summed E-state index contributed by atoms with van der Waals surface area (Å²) >= 11 is 5.96. The van der Waals surface area contributed by atoms with Crippen molar-refractivity contribution in [2.45, 2.75) is 31.3 Å². The van der Waals surface area contributed by atoms with Gasteiger partial charge in [-0.1, -0.05) is 31.5 Å². The van der Waals surface area contributed by atoms with Crippen molar-refractivity contribution in [3.8, 4) is 5.75 Å². The number of pyridine rings is 1. The third-order valence-electron chi connectivity index (χ3n) is 4.64. The van der Waals surface area contributed by atoms with E-state index in [9.17, 15) is 18.3 Å². The highest BCUT2D eigenvalue weighted by atomic mass is 35.5. The standard InChI is InChI=1S/C19H22ClN3O5S/c1-3-12(2)19(25)22-17-8-7-16-18(21-17)23(10-14(11-24)28-16)29(26,27)15-6-4-5-13(20)9-15/h4-9,12,14,24H,3,10-11H2,1-2H3,(H,21,22,25)/t12-,14+/m0/s1. The number of hydrogen-bond donors (Lipinski definition) is 2. The number of sulfonamides is 1. The fraction of sp³-hybridized carbons (Fsp3) is 0.368. The van der Waals surface area contributed by atoms with Gasteiger partial charge in [-0.2, -0.15) is 0 Å². The Morgan fingerprint density at radius 3 is 2.83 bits per heavy atom. The molecule has 0 saturated carbocycles. The summed E-state index contributed by atoms with van der Waals surface area (Å²) in [5, 5.41) is 12.5. The topological polar surface area (TPSA) is 109 Å². The number of rotatable bonds is 6. The molecule has 29 heavy (non-hydrogen) atoms. The van der Waals surface area contributed by atoms with E-state index in [0.717, 1.165) is 4.31 Å². The largest absolute Gasteiger partial charge is 0.482 e. The number of halogens is 1. The summed E-state index contributed by atoms with van der Waals surface area (Å²) < 4.78 is 33.2. The Morgan fingerprint density at radius 2 is 2.17 bits per heavy atom. The van der Waals surface area contributed by atoms with Gasteiger partial charge in [0.15, 0.2) is 11.6 Å². The highest BCUT2D eigenvalue weighted by Crippen LogP contribution is 2.36. The zero-order valence-electron chi connectivity index (χ0n) is 16.0. The van der Waals surface area contributed by atoms with Crippen LogP contribution in [-0.2, 0) is 14.8 Å². The van der Waals surface area contributed by atoms with Gasteiger partial charge in [0.1, 0.15) is 11.9 Å². The number of hydrogen-bond acceptors (Lipinski definition) is 6. The van der Waals surface area contributed by atoms with Crippen molar-refractivity contribution in [2.75, 3.05) is 22.8 Å². The molecule has 0 radical (unpaired) electrons. The van der Waals surface area contributed by atoms with E-state index in [0.29, 0.717) is 6.42 Å². The maximum atomic E-state index is 13.3. The Balaban J connectivity index is 2.03. The van der Waals surface area contributed by atoms with Gasteiger partial charge in [0.2, 0.25) is 5.91 Å². The van der Waals surface area contributed by atoms with Crippen LogP contribution >= 0.6 is 11.6 Å². The minimum Gasteiger partial charge on any atom is -0.482 e. The third kappa shape index (κ3) is 4.47. The molecule has 2 atom stereocenters. The number of aliphatic hydroxyl groups excluding tert-OH is 1. The highest BCUT2D eigenvalue weighted by molar-refractivity contribution is 7.92. The Labute approximate surface area is 174 Å². The summed E-state index contributed by atoms with van der Waals surface area (Å²) in [7, 11) is -4.02. The first-order valence-corrected chi connectivity index (χ1v) is 11.0. The molecule has 0 bridgehead atoms. The first-order chi connectivity index (χ1) is 13.8. The Kier molecular flexibility index (Phi) is 6.30. The number of ether oxygens (including phenoxy) is 1. The summed E-state index contributed by atoms with van der Waals surface area (Å²) in [5.41, 5.74) is 0. The number of nitrogens with one attached hydrogen (secondary N) is 1. The van der Waals surface area contributed by atoms with E-state index in [1.54, 1.807) is 13.0 Å². The fourth-order valence-electron chi connectivity index (χ4n) is 2.76. The minimum atomic E-state index is -4.02. The van der Waals surface area contributed by atoms with Gasteiger partial charge in [-0.3, -0.25) is 4.79 Å². The molecule has 0 unspecified atom stereocenters. The molecule has 1 aliphatic rings. The van der Waals surface area contributed by atoms with Gasteiger partial charge < -0.3 is 15.2 Å². The molecule has 2 N–H and O–H groups in total. The molecular formula is C19H22ClN3O5S. The quantitative estimate of drug-likeness (QED) is 0.716. The van der Waals surface area contributed by atoms with E-state index in [-0.39, 0.29) is 52.3 Å². The molecule has 2 heterocycles. The van der Waals surface area contributed by atoms with Crippen molar-refractivity contribution < 1.29 is 23.1 Å². The molecule has 0 spiro atoms. The Hall–Kier alpha value is -2.36. The zero-order valence-corrected chi connectivity index (χ0v) is 17.6. The van der Waals surface area contributed by atoms with Gasteiger partial charge in [0, 0.05) is 10.9 Å². The molecule has 1 aliphatic heterocycles. The van der Waals surface area contributed by atoms with Crippen molar-refractivity contribution >= 4 is 39.2 Å². The monoisotopic (exact) mass is 439 g/mol. The summed E-state index contributed by atoms with van der Waals surface area (Å²) in [6.45, 7) is 3.19.